The van der Waals surface area contributed by atoms with Crippen LogP contribution in [0.1, 0.15) is 25.7 Å². The Hall–Kier alpha value is -1.41. The zero-order chi connectivity index (χ0) is 16.4. The first-order valence-corrected chi connectivity index (χ1v) is 7.71. The monoisotopic (exact) mass is 322 g/mol. The molecule has 0 aromatic heterocycles. The summed E-state index contributed by atoms with van der Waals surface area (Å²) >= 11 is 0. The van der Waals surface area contributed by atoms with Crippen molar-refractivity contribution < 1.29 is 43.5 Å². The van der Waals surface area contributed by atoms with Crippen LogP contribution in [0.3, 0.4) is 0 Å². The van der Waals surface area contributed by atoms with Crippen molar-refractivity contribution in [3.8, 4) is 0 Å². The Morgan fingerprint density at radius 2 is 1.62 bits per heavy atom. The third-order valence-corrected chi connectivity index (χ3v) is 3.56. The molecule has 21 heavy (non-hydrogen) atoms. The van der Waals surface area contributed by atoms with Gasteiger partial charge in [-0.05, 0) is 18.8 Å². The zero-order valence-corrected chi connectivity index (χ0v) is 11.7. The molecule has 3 unspecified atom stereocenters. The molecule has 0 amide bonds. The number of carbonyl (C=O) groups is 4. The van der Waals surface area contributed by atoms with Gasteiger partial charge >= 0.3 is 13.8 Å². The fraction of sp³-hybridized carbons (Fsp3) is 0.636. The Labute approximate surface area is 119 Å². The van der Waals surface area contributed by atoms with Crippen LogP contribution in [-0.2, 0) is 23.7 Å². The molecule has 0 aromatic carbocycles. The van der Waals surface area contributed by atoms with Gasteiger partial charge < -0.3 is 19.8 Å². The lowest BCUT2D eigenvalue weighted by Gasteiger charge is -2.29. The van der Waals surface area contributed by atoms with Crippen molar-refractivity contribution in [2.75, 3.05) is 0 Å². The molecule has 0 saturated heterocycles. The van der Waals surface area contributed by atoms with Crippen LogP contribution >= 0.6 is 7.82 Å². The van der Waals surface area contributed by atoms with Gasteiger partial charge in [0.1, 0.15) is 0 Å². The van der Waals surface area contributed by atoms with Crippen LogP contribution in [-0.4, -0.2) is 43.1 Å². The summed E-state index contributed by atoms with van der Waals surface area (Å²) in [6, 6.07) is 0. The Bertz CT molecular complexity index is 512. The second-order valence-corrected chi connectivity index (χ2v) is 6.02. The molecule has 4 N–H and O–H groups in total. The van der Waals surface area contributed by atoms with Gasteiger partial charge in [0, 0.05) is 18.3 Å². The number of hydrogen-bond donors (Lipinski definition) is 4. The number of phosphoric acid groups is 1. The first-order valence-electron chi connectivity index (χ1n) is 6.14. The number of fused-ring (bicyclic) bond motifs is 1. The third-order valence-electron chi connectivity index (χ3n) is 3.56. The predicted molar refractivity (Wildman–Crippen MR) is 65.9 cm³/mol. The summed E-state index contributed by atoms with van der Waals surface area (Å²) in [5.41, 5.74) is 0. The minimum Gasteiger partial charge on any atom is -0.481 e. The number of carbonyl (C=O) groups excluding carboxylic acids is 3. The van der Waals surface area contributed by atoms with E-state index in [4.69, 9.17) is 24.4 Å². The van der Waals surface area contributed by atoms with Gasteiger partial charge in [0.05, 0.1) is 0 Å². The van der Waals surface area contributed by atoms with Gasteiger partial charge in [0.15, 0.2) is 0 Å². The molecule has 118 valence electrons. The van der Waals surface area contributed by atoms with E-state index in [1.807, 2.05) is 0 Å². The second-order valence-electron chi connectivity index (χ2n) is 4.99. The molecule has 9 nitrogen and oxygen atoms in total. The summed E-state index contributed by atoms with van der Waals surface area (Å²) in [6.07, 6.45) is 1.73. The largest absolute Gasteiger partial charge is 0.481 e. The first-order chi connectivity index (χ1) is 9.52. The van der Waals surface area contributed by atoms with E-state index in [9.17, 15) is 19.2 Å². The van der Waals surface area contributed by atoms with E-state index in [1.165, 1.54) is 0 Å². The van der Waals surface area contributed by atoms with Crippen LogP contribution in [0.4, 0.5) is 0 Å². The van der Waals surface area contributed by atoms with E-state index in [2.05, 4.69) is 0 Å². The average molecular weight is 322 g/mol. The molecule has 0 aromatic rings. The summed E-state index contributed by atoms with van der Waals surface area (Å²) in [4.78, 5) is 66.5. The SMILES string of the molecule is O=C(O)CC1CCCC2C(=O)C(=O)C(=O)C12.O=P(O)(O)O. The van der Waals surface area contributed by atoms with Crippen LogP contribution in [0, 0.1) is 17.8 Å². The molecule has 2 aliphatic carbocycles. The predicted octanol–water partition coefficient (Wildman–Crippen LogP) is -0.714. The number of Topliss-reactive ketones (excluding diaryl/α,β-unsaturated/α-hetero) is 3. The van der Waals surface area contributed by atoms with Gasteiger partial charge in [-0.25, -0.2) is 4.57 Å². The molecule has 0 aliphatic heterocycles. The highest BCUT2D eigenvalue weighted by Gasteiger charge is 2.53. The van der Waals surface area contributed by atoms with Gasteiger partial charge in [0.25, 0.3) is 5.78 Å². The number of aliphatic carboxylic acids is 1. The summed E-state index contributed by atoms with van der Waals surface area (Å²) in [6.45, 7) is 0. The van der Waals surface area contributed by atoms with Crippen LogP contribution in [0.2, 0.25) is 0 Å². The molecular formula is C11H15O9P. The van der Waals surface area contributed by atoms with Gasteiger partial charge in [0.2, 0.25) is 11.6 Å². The van der Waals surface area contributed by atoms with E-state index >= 15 is 0 Å². The highest BCUT2D eigenvalue weighted by Crippen LogP contribution is 2.41. The number of rotatable bonds is 2. The van der Waals surface area contributed by atoms with E-state index < -0.39 is 43.0 Å². The lowest BCUT2D eigenvalue weighted by molar-refractivity contribution is -0.141. The van der Waals surface area contributed by atoms with Crippen molar-refractivity contribution in [1.29, 1.82) is 0 Å². The molecule has 3 atom stereocenters. The van der Waals surface area contributed by atoms with E-state index in [-0.39, 0.29) is 12.3 Å². The minimum atomic E-state index is -4.64. The van der Waals surface area contributed by atoms with Crippen molar-refractivity contribution in [1.82, 2.24) is 0 Å². The molecule has 2 aliphatic rings. The van der Waals surface area contributed by atoms with Crippen LogP contribution in [0.25, 0.3) is 0 Å². The molecular weight excluding hydrogens is 307 g/mol. The highest BCUT2D eigenvalue weighted by molar-refractivity contribution is 7.45. The molecule has 0 radical (unpaired) electrons. The standard InChI is InChI=1S/C11H12O5.H3O4P/c12-7(13)4-5-2-1-3-6-8(5)10(15)11(16)9(6)14;1-5(2,3)4/h5-6,8H,1-4H2,(H,12,13);(H3,1,2,3,4). The summed E-state index contributed by atoms with van der Waals surface area (Å²) in [7, 11) is -4.64. The fourth-order valence-electron chi connectivity index (χ4n) is 2.87. The molecule has 2 saturated carbocycles. The maximum absolute atomic E-state index is 11.6. The quantitative estimate of drug-likeness (QED) is 0.379. The molecule has 0 bridgehead atoms. The Kier molecular flexibility index (Phi) is 5.52. The van der Waals surface area contributed by atoms with Crippen LogP contribution in [0.5, 0.6) is 0 Å². The van der Waals surface area contributed by atoms with Crippen LogP contribution < -0.4 is 0 Å². The van der Waals surface area contributed by atoms with Gasteiger partial charge in [-0.3, -0.25) is 19.2 Å². The summed E-state index contributed by atoms with van der Waals surface area (Å²) < 4.78 is 8.88. The molecule has 0 spiro atoms. The number of ketones is 3. The first kappa shape index (κ1) is 17.6. The van der Waals surface area contributed by atoms with Crippen molar-refractivity contribution in [2.45, 2.75) is 25.7 Å². The molecule has 0 heterocycles. The Morgan fingerprint density at radius 1 is 1.10 bits per heavy atom. The maximum atomic E-state index is 11.6. The van der Waals surface area contributed by atoms with Crippen LogP contribution in [0.15, 0.2) is 0 Å². The zero-order valence-electron chi connectivity index (χ0n) is 10.8. The molecule has 10 heteroatoms. The van der Waals surface area contributed by atoms with Gasteiger partial charge in [-0.15, -0.1) is 0 Å². The van der Waals surface area contributed by atoms with Crippen molar-refractivity contribution in [2.24, 2.45) is 17.8 Å². The molecule has 2 rings (SSSR count). The summed E-state index contributed by atoms with van der Waals surface area (Å²) in [5, 5.41) is 8.72. The van der Waals surface area contributed by atoms with Gasteiger partial charge in [-0.2, -0.15) is 0 Å². The van der Waals surface area contributed by atoms with Gasteiger partial charge in [-0.1, -0.05) is 6.42 Å². The lowest BCUT2D eigenvalue weighted by atomic mass is 9.72. The maximum Gasteiger partial charge on any atom is 0.466 e. The normalized spacial score (nSPS) is 28.7. The van der Waals surface area contributed by atoms with Crippen molar-refractivity contribution in [3.63, 3.8) is 0 Å². The van der Waals surface area contributed by atoms with Crippen molar-refractivity contribution >= 4 is 31.1 Å². The lowest BCUT2D eigenvalue weighted by Crippen LogP contribution is -2.32. The van der Waals surface area contributed by atoms with E-state index in [1.54, 1.807) is 0 Å². The van der Waals surface area contributed by atoms with Crippen molar-refractivity contribution in [3.05, 3.63) is 0 Å². The number of hydrogen-bond acceptors (Lipinski definition) is 5. The molecule has 2 fully saturated rings. The minimum absolute atomic E-state index is 0.131. The second kappa shape index (κ2) is 6.57. The third kappa shape index (κ3) is 4.82. The van der Waals surface area contributed by atoms with E-state index in [0.717, 1.165) is 0 Å². The Balaban J connectivity index is 0.000000383. The number of carboxylic acid groups (broad SMARTS) is 1. The smallest absolute Gasteiger partial charge is 0.466 e. The Morgan fingerprint density at radius 3 is 2.10 bits per heavy atom. The topological polar surface area (TPSA) is 166 Å². The number of carboxylic acids is 1. The average Bonchev–Trinajstić information content (AvgIpc) is 2.53. The van der Waals surface area contributed by atoms with E-state index in [0.29, 0.717) is 19.3 Å². The summed E-state index contributed by atoms with van der Waals surface area (Å²) in [5.74, 6) is -4.73. The highest BCUT2D eigenvalue weighted by atomic mass is 31.2. The fourth-order valence-corrected chi connectivity index (χ4v) is 2.87.